The SMILES string of the molecule is O=C=Nc1cccc(N=C=O)c1. The molecule has 0 aliphatic carbocycles. The maximum absolute atomic E-state index is 9.84. The van der Waals surface area contributed by atoms with Crippen molar-refractivity contribution in [1.29, 1.82) is 0 Å². The molecule has 1 aromatic carbocycles. The molecular formula is C8H4N2O2. The van der Waals surface area contributed by atoms with Crippen LogP contribution in [0.15, 0.2) is 34.3 Å². The van der Waals surface area contributed by atoms with E-state index in [0.29, 0.717) is 11.4 Å². The minimum atomic E-state index is 0.418. The first kappa shape index (κ1) is 8.08. The molecule has 12 heavy (non-hydrogen) atoms. The summed E-state index contributed by atoms with van der Waals surface area (Å²) in [4.78, 5) is 26.4. The van der Waals surface area contributed by atoms with Crippen LogP contribution in [0.25, 0.3) is 0 Å². The van der Waals surface area contributed by atoms with Crippen molar-refractivity contribution in [3.05, 3.63) is 24.3 Å². The average Bonchev–Trinajstić information content (AvgIpc) is 2.06. The third-order valence-electron chi connectivity index (χ3n) is 1.18. The van der Waals surface area contributed by atoms with E-state index >= 15 is 0 Å². The summed E-state index contributed by atoms with van der Waals surface area (Å²) in [7, 11) is 0. The number of rotatable bonds is 2. The van der Waals surface area contributed by atoms with Crippen LogP contribution in [-0.4, -0.2) is 12.2 Å². The highest BCUT2D eigenvalue weighted by molar-refractivity contribution is 5.57. The van der Waals surface area contributed by atoms with Crippen LogP contribution in [0.5, 0.6) is 0 Å². The van der Waals surface area contributed by atoms with E-state index in [-0.39, 0.29) is 0 Å². The average molecular weight is 160 g/mol. The fourth-order valence-electron chi connectivity index (χ4n) is 0.738. The molecule has 4 nitrogen and oxygen atoms in total. The summed E-state index contributed by atoms with van der Waals surface area (Å²) in [5, 5.41) is 0. The van der Waals surface area contributed by atoms with Crippen molar-refractivity contribution in [2.75, 3.05) is 0 Å². The van der Waals surface area contributed by atoms with E-state index in [9.17, 15) is 9.59 Å². The van der Waals surface area contributed by atoms with Gasteiger partial charge in [0.2, 0.25) is 12.2 Å². The van der Waals surface area contributed by atoms with Gasteiger partial charge in [0.15, 0.2) is 0 Å². The highest BCUT2D eigenvalue weighted by atomic mass is 16.1. The van der Waals surface area contributed by atoms with Gasteiger partial charge in [0.1, 0.15) is 0 Å². The monoisotopic (exact) mass is 160 g/mol. The highest BCUT2D eigenvalue weighted by Crippen LogP contribution is 2.18. The largest absolute Gasteiger partial charge is 0.240 e. The number of hydrogen-bond acceptors (Lipinski definition) is 4. The van der Waals surface area contributed by atoms with Crippen LogP contribution in [0.2, 0.25) is 0 Å². The molecule has 1 rings (SSSR count). The van der Waals surface area contributed by atoms with Crippen LogP contribution in [-0.2, 0) is 9.59 Å². The van der Waals surface area contributed by atoms with Crippen molar-refractivity contribution in [2.45, 2.75) is 0 Å². The predicted molar refractivity (Wildman–Crippen MR) is 42.0 cm³/mol. The number of carbonyl (C=O) groups excluding carboxylic acids is 2. The molecule has 0 atom stereocenters. The van der Waals surface area contributed by atoms with Gasteiger partial charge in [-0.25, -0.2) is 9.59 Å². The van der Waals surface area contributed by atoms with Crippen molar-refractivity contribution in [1.82, 2.24) is 0 Å². The van der Waals surface area contributed by atoms with Gasteiger partial charge in [-0.2, -0.15) is 9.98 Å². The smallest absolute Gasteiger partial charge is 0.211 e. The Bertz CT molecular complexity index is 341. The molecule has 0 radical (unpaired) electrons. The Balaban J connectivity index is 3.11. The molecular weight excluding hydrogens is 156 g/mol. The van der Waals surface area contributed by atoms with Crippen LogP contribution < -0.4 is 0 Å². The summed E-state index contributed by atoms with van der Waals surface area (Å²) in [6.45, 7) is 0. The molecule has 0 heterocycles. The van der Waals surface area contributed by atoms with Crippen molar-refractivity contribution >= 4 is 23.5 Å². The van der Waals surface area contributed by atoms with Crippen LogP contribution in [0.4, 0.5) is 11.4 Å². The molecule has 0 aliphatic rings. The van der Waals surface area contributed by atoms with Gasteiger partial charge >= 0.3 is 0 Å². The van der Waals surface area contributed by atoms with Gasteiger partial charge in [-0.05, 0) is 18.2 Å². The Morgan fingerprint density at radius 3 is 1.92 bits per heavy atom. The van der Waals surface area contributed by atoms with E-state index in [1.54, 1.807) is 18.2 Å². The summed E-state index contributed by atoms with van der Waals surface area (Å²) in [6, 6.07) is 6.32. The molecule has 0 spiro atoms. The van der Waals surface area contributed by atoms with Gasteiger partial charge in [-0.3, -0.25) is 0 Å². The summed E-state index contributed by atoms with van der Waals surface area (Å²) >= 11 is 0. The minimum Gasteiger partial charge on any atom is -0.211 e. The first-order valence-corrected chi connectivity index (χ1v) is 3.12. The fraction of sp³-hybridized carbons (Fsp3) is 0. The first-order valence-electron chi connectivity index (χ1n) is 3.12. The zero-order valence-corrected chi connectivity index (χ0v) is 6.02. The number of isocyanates is 2. The van der Waals surface area contributed by atoms with Gasteiger partial charge in [0.25, 0.3) is 0 Å². The Morgan fingerprint density at radius 1 is 1.00 bits per heavy atom. The second-order valence-electron chi connectivity index (χ2n) is 1.93. The topological polar surface area (TPSA) is 58.9 Å². The van der Waals surface area contributed by atoms with Crippen LogP contribution in [0.3, 0.4) is 0 Å². The normalized spacial score (nSPS) is 8.00. The summed E-state index contributed by atoms with van der Waals surface area (Å²) in [6.07, 6.45) is 2.78. The minimum absolute atomic E-state index is 0.418. The Hall–Kier alpha value is -2.02. The zero-order chi connectivity index (χ0) is 8.81. The standard InChI is InChI=1S/C8H4N2O2/c11-5-9-7-2-1-3-8(4-7)10-6-12/h1-4H. The van der Waals surface area contributed by atoms with E-state index < -0.39 is 0 Å². The van der Waals surface area contributed by atoms with E-state index in [1.807, 2.05) is 0 Å². The molecule has 0 saturated carbocycles. The summed E-state index contributed by atoms with van der Waals surface area (Å²) in [5.74, 6) is 0. The Kier molecular flexibility index (Phi) is 2.68. The predicted octanol–water partition coefficient (Wildman–Crippen LogP) is 1.62. The molecule has 0 unspecified atom stereocenters. The van der Waals surface area contributed by atoms with E-state index in [4.69, 9.17) is 0 Å². The van der Waals surface area contributed by atoms with Gasteiger partial charge < -0.3 is 0 Å². The Morgan fingerprint density at radius 2 is 1.50 bits per heavy atom. The second-order valence-corrected chi connectivity index (χ2v) is 1.93. The lowest BCUT2D eigenvalue weighted by molar-refractivity contribution is 0.565. The first-order chi connectivity index (χ1) is 5.86. The molecule has 0 saturated heterocycles. The quantitative estimate of drug-likeness (QED) is 0.487. The van der Waals surface area contributed by atoms with Gasteiger partial charge in [-0.1, -0.05) is 6.07 Å². The van der Waals surface area contributed by atoms with Crippen LogP contribution in [0.1, 0.15) is 0 Å². The van der Waals surface area contributed by atoms with Crippen LogP contribution in [0, 0.1) is 0 Å². The number of nitrogens with zero attached hydrogens (tertiary/aromatic N) is 2. The lowest BCUT2D eigenvalue weighted by Crippen LogP contribution is -1.64. The molecule has 58 valence electrons. The second kappa shape index (κ2) is 3.98. The zero-order valence-electron chi connectivity index (χ0n) is 6.02. The molecule has 0 aromatic heterocycles. The van der Waals surface area contributed by atoms with Gasteiger partial charge in [0, 0.05) is 0 Å². The van der Waals surface area contributed by atoms with Crippen molar-refractivity contribution < 1.29 is 9.59 Å². The van der Waals surface area contributed by atoms with Crippen LogP contribution >= 0.6 is 0 Å². The van der Waals surface area contributed by atoms with E-state index in [2.05, 4.69) is 9.98 Å². The van der Waals surface area contributed by atoms with E-state index in [1.165, 1.54) is 18.2 Å². The molecule has 0 N–H and O–H groups in total. The fourth-order valence-corrected chi connectivity index (χ4v) is 0.738. The van der Waals surface area contributed by atoms with Gasteiger partial charge in [-0.15, -0.1) is 0 Å². The number of aliphatic imine (C=N–C) groups is 2. The lowest BCUT2D eigenvalue weighted by atomic mass is 10.3. The third-order valence-corrected chi connectivity index (χ3v) is 1.18. The maximum Gasteiger partial charge on any atom is 0.240 e. The van der Waals surface area contributed by atoms with E-state index in [0.717, 1.165) is 0 Å². The van der Waals surface area contributed by atoms with Crippen molar-refractivity contribution in [2.24, 2.45) is 9.98 Å². The number of benzene rings is 1. The van der Waals surface area contributed by atoms with Crippen molar-refractivity contribution in [3.8, 4) is 0 Å². The molecule has 0 fully saturated rings. The molecule has 0 bridgehead atoms. The Labute approximate surface area is 68.3 Å². The maximum atomic E-state index is 9.84. The highest BCUT2D eigenvalue weighted by Gasteiger charge is 1.90. The molecule has 0 aliphatic heterocycles. The van der Waals surface area contributed by atoms with Crippen molar-refractivity contribution in [3.63, 3.8) is 0 Å². The number of hydrogen-bond donors (Lipinski definition) is 0. The lowest BCUT2D eigenvalue weighted by Gasteiger charge is -1.90. The third kappa shape index (κ3) is 1.99. The summed E-state index contributed by atoms with van der Waals surface area (Å²) < 4.78 is 0. The van der Waals surface area contributed by atoms with Gasteiger partial charge in [0.05, 0.1) is 11.4 Å². The molecule has 1 aromatic rings. The molecule has 0 amide bonds. The molecule has 4 heteroatoms. The summed E-state index contributed by atoms with van der Waals surface area (Å²) in [5.41, 5.74) is 0.836.